The second kappa shape index (κ2) is 5.33. The van der Waals surface area contributed by atoms with E-state index in [2.05, 4.69) is 33.8 Å². The molecular formula is C15H18ClN3. The minimum atomic E-state index is 0.498. The van der Waals surface area contributed by atoms with Crippen molar-refractivity contribution in [3.05, 3.63) is 35.6 Å². The third kappa shape index (κ3) is 2.52. The maximum atomic E-state index is 6.21. The van der Waals surface area contributed by atoms with Crippen LogP contribution in [-0.4, -0.2) is 14.8 Å². The van der Waals surface area contributed by atoms with Crippen molar-refractivity contribution < 1.29 is 0 Å². The van der Waals surface area contributed by atoms with Gasteiger partial charge in [0.25, 0.3) is 0 Å². The Hall–Kier alpha value is -1.35. The van der Waals surface area contributed by atoms with Crippen LogP contribution in [0.3, 0.4) is 0 Å². The maximum Gasteiger partial charge on any atom is 0.225 e. The van der Waals surface area contributed by atoms with E-state index < -0.39 is 0 Å². The monoisotopic (exact) mass is 275 g/mol. The molecule has 4 heteroatoms. The van der Waals surface area contributed by atoms with Crippen molar-refractivity contribution in [3.8, 4) is 11.4 Å². The van der Waals surface area contributed by atoms with Crippen molar-refractivity contribution in [2.75, 3.05) is 0 Å². The number of rotatable bonds is 3. The molecule has 0 aliphatic heterocycles. The molecule has 3 rings (SSSR count). The van der Waals surface area contributed by atoms with Crippen molar-refractivity contribution in [2.24, 2.45) is 11.8 Å². The van der Waals surface area contributed by atoms with Gasteiger partial charge in [-0.25, -0.2) is 0 Å². The Bertz CT molecular complexity index is 550. The lowest BCUT2D eigenvalue weighted by Crippen LogP contribution is -2.14. The summed E-state index contributed by atoms with van der Waals surface area (Å²) in [4.78, 5) is 0. The fraction of sp³-hybridized carbons (Fsp3) is 0.467. The fourth-order valence-corrected chi connectivity index (χ4v) is 3.16. The van der Waals surface area contributed by atoms with Crippen LogP contribution in [0.15, 0.2) is 30.3 Å². The van der Waals surface area contributed by atoms with Gasteiger partial charge in [0.05, 0.1) is 0 Å². The van der Waals surface area contributed by atoms with Gasteiger partial charge in [-0.05, 0) is 29.9 Å². The molecule has 2 atom stereocenters. The summed E-state index contributed by atoms with van der Waals surface area (Å²) in [6.45, 7) is 3.26. The van der Waals surface area contributed by atoms with Gasteiger partial charge < -0.3 is 0 Å². The number of aromatic nitrogens is 3. The zero-order chi connectivity index (χ0) is 13.2. The number of halogens is 1. The summed E-state index contributed by atoms with van der Waals surface area (Å²) >= 11 is 6.21. The Morgan fingerprint density at radius 2 is 2.00 bits per heavy atom. The van der Waals surface area contributed by atoms with Crippen molar-refractivity contribution in [1.82, 2.24) is 14.8 Å². The van der Waals surface area contributed by atoms with Crippen LogP contribution in [-0.2, 0) is 6.54 Å². The minimum Gasteiger partial charge on any atom is -0.297 e. The van der Waals surface area contributed by atoms with Crippen LogP contribution in [0.1, 0.15) is 26.2 Å². The standard InChI is InChI=1S/C15H18ClN3/c1-11-6-5-9-13(11)10-19-14(17-18-15(19)16)12-7-3-2-4-8-12/h2-4,7-8,11,13H,5-6,9-10H2,1H3. The topological polar surface area (TPSA) is 30.7 Å². The average Bonchev–Trinajstić information content (AvgIpc) is 2.99. The summed E-state index contributed by atoms with van der Waals surface area (Å²) in [6.07, 6.45) is 3.93. The van der Waals surface area contributed by atoms with Gasteiger partial charge in [0.2, 0.25) is 5.28 Å². The van der Waals surface area contributed by atoms with Crippen LogP contribution in [0.25, 0.3) is 11.4 Å². The van der Waals surface area contributed by atoms with Crippen LogP contribution in [0, 0.1) is 11.8 Å². The molecule has 19 heavy (non-hydrogen) atoms. The largest absolute Gasteiger partial charge is 0.297 e. The Labute approximate surface area is 118 Å². The van der Waals surface area contributed by atoms with E-state index in [0.717, 1.165) is 23.9 Å². The lowest BCUT2D eigenvalue weighted by molar-refractivity contribution is 0.365. The van der Waals surface area contributed by atoms with E-state index >= 15 is 0 Å². The number of hydrogen-bond acceptors (Lipinski definition) is 2. The third-order valence-corrected chi connectivity index (χ3v) is 4.47. The summed E-state index contributed by atoms with van der Waals surface area (Å²) in [5.74, 6) is 2.34. The van der Waals surface area contributed by atoms with E-state index in [1.165, 1.54) is 19.3 Å². The molecule has 0 bridgehead atoms. The Balaban J connectivity index is 1.91. The first-order valence-corrected chi connectivity index (χ1v) is 7.27. The molecular weight excluding hydrogens is 258 g/mol. The second-order valence-electron chi connectivity index (χ2n) is 5.44. The Morgan fingerprint density at radius 1 is 1.21 bits per heavy atom. The molecule has 0 saturated heterocycles. The highest BCUT2D eigenvalue weighted by Crippen LogP contribution is 2.34. The lowest BCUT2D eigenvalue weighted by atomic mass is 9.98. The Morgan fingerprint density at radius 3 is 2.68 bits per heavy atom. The van der Waals surface area contributed by atoms with Crippen LogP contribution in [0.5, 0.6) is 0 Å². The zero-order valence-corrected chi connectivity index (χ0v) is 11.8. The highest BCUT2D eigenvalue weighted by molar-refractivity contribution is 6.28. The smallest absolute Gasteiger partial charge is 0.225 e. The normalized spacial score (nSPS) is 22.8. The molecule has 2 unspecified atom stereocenters. The van der Waals surface area contributed by atoms with Crippen molar-refractivity contribution in [3.63, 3.8) is 0 Å². The van der Waals surface area contributed by atoms with Crippen LogP contribution in [0.4, 0.5) is 0 Å². The van der Waals surface area contributed by atoms with Crippen LogP contribution in [0.2, 0.25) is 5.28 Å². The fourth-order valence-electron chi connectivity index (χ4n) is 2.97. The van der Waals surface area contributed by atoms with Crippen molar-refractivity contribution in [2.45, 2.75) is 32.7 Å². The molecule has 1 aromatic carbocycles. The molecule has 1 aromatic heterocycles. The number of hydrogen-bond donors (Lipinski definition) is 0. The van der Waals surface area contributed by atoms with E-state index in [1.54, 1.807) is 0 Å². The summed E-state index contributed by atoms with van der Waals surface area (Å²) in [7, 11) is 0. The first-order valence-electron chi connectivity index (χ1n) is 6.90. The van der Waals surface area contributed by atoms with Gasteiger partial charge >= 0.3 is 0 Å². The molecule has 2 aromatic rings. The number of nitrogens with zero attached hydrogens (tertiary/aromatic N) is 3. The van der Waals surface area contributed by atoms with E-state index in [0.29, 0.717) is 11.2 Å². The molecule has 0 amide bonds. The predicted molar refractivity (Wildman–Crippen MR) is 77.0 cm³/mol. The van der Waals surface area contributed by atoms with Gasteiger partial charge in [0.1, 0.15) is 0 Å². The van der Waals surface area contributed by atoms with Gasteiger partial charge in [0, 0.05) is 12.1 Å². The molecule has 3 nitrogen and oxygen atoms in total. The lowest BCUT2D eigenvalue weighted by Gasteiger charge is -2.17. The van der Waals surface area contributed by atoms with Gasteiger partial charge in [-0.3, -0.25) is 4.57 Å². The minimum absolute atomic E-state index is 0.498. The van der Waals surface area contributed by atoms with Gasteiger partial charge in [-0.15, -0.1) is 10.2 Å². The molecule has 0 spiro atoms. The zero-order valence-electron chi connectivity index (χ0n) is 11.1. The Kier molecular flexibility index (Phi) is 3.56. The van der Waals surface area contributed by atoms with Gasteiger partial charge in [-0.1, -0.05) is 50.1 Å². The SMILES string of the molecule is CC1CCCC1Cn1c(Cl)nnc1-c1ccccc1. The molecule has 0 N–H and O–H groups in total. The van der Waals surface area contributed by atoms with E-state index in [-0.39, 0.29) is 0 Å². The highest BCUT2D eigenvalue weighted by Gasteiger charge is 2.25. The molecule has 1 heterocycles. The molecule has 100 valence electrons. The van der Waals surface area contributed by atoms with Crippen LogP contribution < -0.4 is 0 Å². The summed E-state index contributed by atoms with van der Waals surface area (Å²) in [5, 5.41) is 8.77. The maximum absolute atomic E-state index is 6.21. The van der Waals surface area contributed by atoms with Gasteiger partial charge in [-0.2, -0.15) is 0 Å². The van der Waals surface area contributed by atoms with Crippen molar-refractivity contribution in [1.29, 1.82) is 0 Å². The number of benzene rings is 1. The predicted octanol–water partition coefficient (Wildman–Crippen LogP) is 4.03. The van der Waals surface area contributed by atoms with Gasteiger partial charge in [0.15, 0.2) is 5.82 Å². The summed E-state index contributed by atoms with van der Waals surface area (Å²) in [6, 6.07) is 10.1. The summed E-state index contributed by atoms with van der Waals surface area (Å²) in [5.41, 5.74) is 1.08. The van der Waals surface area contributed by atoms with E-state index in [4.69, 9.17) is 11.6 Å². The first kappa shape index (κ1) is 12.7. The second-order valence-corrected chi connectivity index (χ2v) is 5.78. The molecule has 0 radical (unpaired) electrons. The molecule has 1 fully saturated rings. The highest BCUT2D eigenvalue weighted by atomic mass is 35.5. The first-order chi connectivity index (χ1) is 9.25. The average molecular weight is 276 g/mol. The summed E-state index contributed by atoms with van der Waals surface area (Å²) < 4.78 is 2.06. The molecule has 1 aliphatic carbocycles. The molecule has 1 aliphatic rings. The van der Waals surface area contributed by atoms with Crippen LogP contribution >= 0.6 is 11.6 Å². The van der Waals surface area contributed by atoms with Crippen molar-refractivity contribution >= 4 is 11.6 Å². The van der Waals surface area contributed by atoms with E-state index in [9.17, 15) is 0 Å². The quantitative estimate of drug-likeness (QED) is 0.846. The molecule has 1 saturated carbocycles. The van der Waals surface area contributed by atoms with E-state index in [1.807, 2.05) is 18.2 Å². The third-order valence-electron chi connectivity index (χ3n) is 4.19.